The SMILES string of the molecule is Cc1ccc(C)c(C(=O)C2CCCN2C(=O)NCCC(C)C)c1. The van der Waals surface area contributed by atoms with Gasteiger partial charge in [0.15, 0.2) is 5.78 Å². The molecular weight excluding hydrogens is 288 g/mol. The Bertz CT molecular complexity index is 581. The maximum Gasteiger partial charge on any atom is 0.318 e. The third kappa shape index (κ3) is 4.34. The van der Waals surface area contributed by atoms with Gasteiger partial charge < -0.3 is 10.2 Å². The Morgan fingerprint density at radius 3 is 2.74 bits per heavy atom. The van der Waals surface area contributed by atoms with Gasteiger partial charge in [0.1, 0.15) is 0 Å². The first-order valence-electron chi connectivity index (χ1n) is 8.56. The molecule has 1 aromatic rings. The summed E-state index contributed by atoms with van der Waals surface area (Å²) in [6.45, 7) is 9.53. The van der Waals surface area contributed by atoms with Gasteiger partial charge in [-0.1, -0.05) is 31.5 Å². The number of urea groups is 1. The van der Waals surface area contributed by atoms with Gasteiger partial charge in [-0.05, 0) is 50.7 Å². The molecule has 1 heterocycles. The molecule has 1 unspecified atom stereocenters. The van der Waals surface area contributed by atoms with E-state index in [0.29, 0.717) is 19.0 Å². The molecule has 2 rings (SSSR count). The zero-order valence-electron chi connectivity index (χ0n) is 14.7. The number of hydrogen-bond acceptors (Lipinski definition) is 2. The fourth-order valence-electron chi connectivity index (χ4n) is 3.03. The predicted molar refractivity (Wildman–Crippen MR) is 92.8 cm³/mol. The van der Waals surface area contributed by atoms with E-state index in [1.807, 2.05) is 32.0 Å². The smallest absolute Gasteiger partial charge is 0.318 e. The molecule has 1 N–H and O–H groups in total. The van der Waals surface area contributed by atoms with Gasteiger partial charge in [-0.3, -0.25) is 4.79 Å². The number of aryl methyl sites for hydroxylation is 2. The number of likely N-dealkylation sites (tertiary alicyclic amines) is 1. The number of amides is 2. The van der Waals surface area contributed by atoms with Crippen LogP contribution in [0.25, 0.3) is 0 Å². The summed E-state index contributed by atoms with van der Waals surface area (Å²) >= 11 is 0. The highest BCUT2D eigenvalue weighted by atomic mass is 16.2. The standard InChI is InChI=1S/C19H28N2O2/c1-13(2)9-10-20-19(23)21-11-5-6-17(21)18(22)16-12-14(3)7-8-15(16)4/h7-8,12-13,17H,5-6,9-11H2,1-4H3,(H,20,23). The van der Waals surface area contributed by atoms with Crippen LogP contribution in [0.4, 0.5) is 4.79 Å². The molecule has 4 nitrogen and oxygen atoms in total. The number of benzene rings is 1. The van der Waals surface area contributed by atoms with Gasteiger partial charge in [0, 0.05) is 18.7 Å². The third-order valence-corrected chi connectivity index (χ3v) is 4.47. The number of rotatable bonds is 5. The Morgan fingerprint density at radius 2 is 2.04 bits per heavy atom. The number of carbonyl (C=O) groups is 2. The second kappa shape index (κ2) is 7.62. The van der Waals surface area contributed by atoms with Crippen molar-refractivity contribution in [3.8, 4) is 0 Å². The zero-order valence-corrected chi connectivity index (χ0v) is 14.7. The minimum atomic E-state index is -0.324. The molecule has 0 bridgehead atoms. The summed E-state index contributed by atoms with van der Waals surface area (Å²) in [4.78, 5) is 27.0. The quantitative estimate of drug-likeness (QED) is 0.842. The molecule has 1 aliphatic rings. The fourth-order valence-corrected chi connectivity index (χ4v) is 3.03. The second-order valence-corrected chi connectivity index (χ2v) is 6.95. The summed E-state index contributed by atoms with van der Waals surface area (Å²) in [6.07, 6.45) is 2.60. The van der Waals surface area contributed by atoms with E-state index >= 15 is 0 Å². The van der Waals surface area contributed by atoms with Crippen LogP contribution in [0.5, 0.6) is 0 Å². The maximum absolute atomic E-state index is 12.9. The molecular formula is C19H28N2O2. The van der Waals surface area contributed by atoms with E-state index in [0.717, 1.165) is 36.0 Å². The minimum absolute atomic E-state index is 0.0720. The third-order valence-electron chi connectivity index (χ3n) is 4.47. The average molecular weight is 316 g/mol. The minimum Gasteiger partial charge on any atom is -0.338 e. The van der Waals surface area contributed by atoms with Crippen LogP contribution in [0.1, 0.15) is 54.6 Å². The molecule has 1 atom stereocenters. The lowest BCUT2D eigenvalue weighted by Gasteiger charge is -2.25. The van der Waals surface area contributed by atoms with Crippen LogP contribution in [0.2, 0.25) is 0 Å². The molecule has 0 spiro atoms. The van der Waals surface area contributed by atoms with Crippen LogP contribution in [0.3, 0.4) is 0 Å². The van der Waals surface area contributed by atoms with E-state index < -0.39 is 0 Å². The van der Waals surface area contributed by atoms with E-state index in [-0.39, 0.29) is 17.9 Å². The van der Waals surface area contributed by atoms with Crippen LogP contribution >= 0.6 is 0 Å². The topological polar surface area (TPSA) is 49.4 Å². The van der Waals surface area contributed by atoms with E-state index in [1.54, 1.807) is 4.90 Å². The molecule has 2 amide bonds. The average Bonchev–Trinajstić information content (AvgIpc) is 2.98. The van der Waals surface area contributed by atoms with Crippen molar-refractivity contribution in [1.82, 2.24) is 10.2 Å². The van der Waals surface area contributed by atoms with Gasteiger partial charge >= 0.3 is 6.03 Å². The van der Waals surface area contributed by atoms with E-state index in [9.17, 15) is 9.59 Å². The van der Waals surface area contributed by atoms with Crippen molar-refractivity contribution >= 4 is 11.8 Å². The van der Waals surface area contributed by atoms with Crippen molar-refractivity contribution in [1.29, 1.82) is 0 Å². The molecule has 0 radical (unpaired) electrons. The van der Waals surface area contributed by atoms with Gasteiger partial charge in [0.2, 0.25) is 0 Å². The van der Waals surface area contributed by atoms with Gasteiger partial charge in [-0.2, -0.15) is 0 Å². The van der Waals surface area contributed by atoms with Gasteiger partial charge in [0.25, 0.3) is 0 Å². The first-order chi connectivity index (χ1) is 10.9. The van der Waals surface area contributed by atoms with E-state index in [4.69, 9.17) is 0 Å². The van der Waals surface area contributed by atoms with Crippen LogP contribution in [-0.4, -0.2) is 35.8 Å². The Balaban J connectivity index is 2.07. The summed E-state index contributed by atoms with van der Waals surface area (Å²) in [5.74, 6) is 0.629. The van der Waals surface area contributed by atoms with Crippen molar-refractivity contribution in [3.05, 3.63) is 34.9 Å². The fraction of sp³-hybridized carbons (Fsp3) is 0.579. The monoisotopic (exact) mass is 316 g/mol. The van der Waals surface area contributed by atoms with Crippen molar-refractivity contribution in [3.63, 3.8) is 0 Å². The van der Waals surface area contributed by atoms with E-state index in [1.165, 1.54) is 0 Å². The first kappa shape index (κ1) is 17.5. The van der Waals surface area contributed by atoms with Crippen molar-refractivity contribution in [2.75, 3.05) is 13.1 Å². The Morgan fingerprint density at radius 1 is 1.30 bits per heavy atom. The lowest BCUT2D eigenvalue weighted by molar-refractivity contribution is 0.0886. The lowest BCUT2D eigenvalue weighted by Crippen LogP contribution is -2.46. The predicted octanol–water partition coefficient (Wildman–Crippen LogP) is 3.71. The van der Waals surface area contributed by atoms with Crippen molar-refractivity contribution in [2.45, 2.75) is 53.0 Å². The molecule has 0 saturated carbocycles. The Labute approximate surface area is 139 Å². The molecule has 1 saturated heterocycles. The van der Waals surface area contributed by atoms with Crippen LogP contribution in [0.15, 0.2) is 18.2 Å². The summed E-state index contributed by atoms with van der Waals surface area (Å²) in [5.41, 5.74) is 2.80. The number of nitrogens with one attached hydrogen (secondary N) is 1. The molecule has 1 aromatic carbocycles. The van der Waals surface area contributed by atoms with Gasteiger partial charge in [-0.15, -0.1) is 0 Å². The summed E-state index contributed by atoms with van der Waals surface area (Å²) in [5, 5.41) is 2.95. The second-order valence-electron chi connectivity index (χ2n) is 6.95. The van der Waals surface area contributed by atoms with Crippen LogP contribution in [0, 0.1) is 19.8 Å². The van der Waals surface area contributed by atoms with Crippen molar-refractivity contribution < 1.29 is 9.59 Å². The zero-order chi connectivity index (χ0) is 17.0. The van der Waals surface area contributed by atoms with Crippen LogP contribution < -0.4 is 5.32 Å². The Kier molecular flexibility index (Phi) is 5.80. The normalized spacial score (nSPS) is 17.6. The molecule has 23 heavy (non-hydrogen) atoms. The highest BCUT2D eigenvalue weighted by Crippen LogP contribution is 2.23. The summed E-state index contributed by atoms with van der Waals surface area (Å²) < 4.78 is 0. The number of nitrogens with zero attached hydrogens (tertiary/aromatic N) is 1. The molecule has 0 aliphatic carbocycles. The molecule has 0 aromatic heterocycles. The number of carbonyl (C=O) groups excluding carboxylic acids is 2. The van der Waals surface area contributed by atoms with Crippen molar-refractivity contribution in [2.24, 2.45) is 5.92 Å². The summed E-state index contributed by atoms with van der Waals surface area (Å²) in [7, 11) is 0. The van der Waals surface area contributed by atoms with Gasteiger partial charge in [-0.25, -0.2) is 4.79 Å². The molecule has 4 heteroatoms. The van der Waals surface area contributed by atoms with Gasteiger partial charge in [0.05, 0.1) is 6.04 Å². The molecule has 1 aliphatic heterocycles. The van der Waals surface area contributed by atoms with Crippen LogP contribution in [-0.2, 0) is 0 Å². The number of hydrogen-bond donors (Lipinski definition) is 1. The van der Waals surface area contributed by atoms with E-state index in [2.05, 4.69) is 19.2 Å². The molecule has 126 valence electrons. The summed E-state index contributed by atoms with van der Waals surface area (Å²) in [6, 6.07) is 5.49. The number of ketones is 1. The molecule has 1 fully saturated rings. The Hall–Kier alpha value is -1.84. The highest BCUT2D eigenvalue weighted by Gasteiger charge is 2.34. The lowest BCUT2D eigenvalue weighted by atomic mass is 9.96. The number of Topliss-reactive ketones (excluding diaryl/α,β-unsaturated/α-hetero) is 1. The maximum atomic E-state index is 12.9. The largest absolute Gasteiger partial charge is 0.338 e. The highest BCUT2D eigenvalue weighted by molar-refractivity contribution is 6.03. The first-order valence-corrected chi connectivity index (χ1v) is 8.56.